The maximum absolute atomic E-state index is 5.64. The van der Waals surface area contributed by atoms with Gasteiger partial charge in [0, 0.05) is 24.2 Å². The topological polar surface area (TPSA) is 34.1 Å². The Bertz CT molecular complexity index is 525. The summed E-state index contributed by atoms with van der Waals surface area (Å²) >= 11 is 1.78. The van der Waals surface area contributed by atoms with Crippen molar-refractivity contribution in [3.8, 4) is 5.75 Å². The molecule has 0 radical (unpaired) electrons. The average Bonchev–Trinajstić information content (AvgIpc) is 2.93. The van der Waals surface area contributed by atoms with Crippen molar-refractivity contribution < 1.29 is 4.74 Å². The predicted octanol–water partition coefficient (Wildman–Crippen LogP) is 3.78. The van der Waals surface area contributed by atoms with Crippen molar-refractivity contribution in [3.63, 3.8) is 0 Å². The zero-order chi connectivity index (χ0) is 14.2. The van der Waals surface area contributed by atoms with Crippen LogP contribution >= 0.6 is 11.3 Å². The predicted molar refractivity (Wildman–Crippen MR) is 84.3 cm³/mol. The van der Waals surface area contributed by atoms with Crippen LogP contribution in [0, 0.1) is 0 Å². The molecule has 0 spiro atoms. The smallest absolute Gasteiger partial charge is 0.119 e. The van der Waals surface area contributed by atoms with E-state index in [2.05, 4.69) is 36.3 Å². The second-order valence-corrected chi connectivity index (χ2v) is 5.87. The van der Waals surface area contributed by atoms with Gasteiger partial charge in [0.25, 0.3) is 0 Å². The van der Waals surface area contributed by atoms with Crippen LogP contribution in [0.5, 0.6) is 5.75 Å². The highest BCUT2D eigenvalue weighted by Crippen LogP contribution is 2.15. The van der Waals surface area contributed by atoms with Crippen LogP contribution in [0.25, 0.3) is 0 Å². The summed E-state index contributed by atoms with van der Waals surface area (Å²) in [6.45, 7) is 6.71. The molecule has 2 rings (SSSR count). The van der Waals surface area contributed by atoms with E-state index >= 15 is 0 Å². The highest BCUT2D eigenvalue weighted by Gasteiger charge is 2.01. The molecule has 3 nitrogen and oxygen atoms in total. The summed E-state index contributed by atoms with van der Waals surface area (Å²) in [7, 11) is 0. The van der Waals surface area contributed by atoms with Gasteiger partial charge in [0.2, 0.25) is 0 Å². The first-order valence-electron chi connectivity index (χ1n) is 7.17. The Balaban J connectivity index is 1.81. The van der Waals surface area contributed by atoms with Crippen molar-refractivity contribution in [1.82, 2.24) is 10.3 Å². The van der Waals surface area contributed by atoms with Crippen LogP contribution in [0.3, 0.4) is 0 Å². The molecule has 0 aliphatic carbocycles. The molecule has 108 valence electrons. The van der Waals surface area contributed by atoms with E-state index in [0.29, 0.717) is 0 Å². The number of rotatable bonds is 8. The Hall–Kier alpha value is -1.39. The minimum Gasteiger partial charge on any atom is -0.494 e. The van der Waals surface area contributed by atoms with E-state index in [0.717, 1.165) is 43.3 Å². The van der Waals surface area contributed by atoms with E-state index in [1.54, 1.807) is 11.3 Å². The second-order valence-electron chi connectivity index (χ2n) is 4.67. The molecule has 1 heterocycles. The molecular weight excluding hydrogens is 268 g/mol. The summed E-state index contributed by atoms with van der Waals surface area (Å²) in [6.07, 6.45) is 4.07. The third-order valence-electron chi connectivity index (χ3n) is 2.93. The number of thiazole rings is 1. The number of ether oxygens (including phenoxy) is 1. The van der Waals surface area contributed by atoms with Crippen LogP contribution < -0.4 is 10.1 Å². The molecular formula is C16H22N2OS. The van der Waals surface area contributed by atoms with E-state index < -0.39 is 0 Å². The molecule has 0 fully saturated rings. The van der Waals surface area contributed by atoms with Crippen LogP contribution in [0.2, 0.25) is 0 Å². The summed E-state index contributed by atoms with van der Waals surface area (Å²) in [6, 6.07) is 8.27. The van der Waals surface area contributed by atoms with Crippen molar-refractivity contribution in [3.05, 3.63) is 45.9 Å². The lowest BCUT2D eigenvalue weighted by Gasteiger charge is -2.07. The molecule has 0 saturated heterocycles. The zero-order valence-electron chi connectivity index (χ0n) is 12.2. The largest absolute Gasteiger partial charge is 0.494 e. The van der Waals surface area contributed by atoms with Crippen LogP contribution in [-0.4, -0.2) is 11.6 Å². The van der Waals surface area contributed by atoms with Crippen molar-refractivity contribution >= 4 is 11.3 Å². The Morgan fingerprint density at radius 2 is 2.15 bits per heavy atom. The summed E-state index contributed by atoms with van der Waals surface area (Å²) in [5.41, 5.74) is 1.24. The molecule has 0 saturated carbocycles. The highest BCUT2D eigenvalue weighted by molar-refractivity contribution is 7.11. The minimum absolute atomic E-state index is 0.774. The van der Waals surface area contributed by atoms with Gasteiger partial charge in [0.15, 0.2) is 0 Å². The van der Waals surface area contributed by atoms with Gasteiger partial charge < -0.3 is 10.1 Å². The summed E-state index contributed by atoms with van der Waals surface area (Å²) in [4.78, 5) is 5.75. The first-order valence-corrected chi connectivity index (χ1v) is 7.99. The zero-order valence-corrected chi connectivity index (χ0v) is 13.0. The van der Waals surface area contributed by atoms with E-state index in [1.165, 1.54) is 10.4 Å². The molecule has 0 unspecified atom stereocenters. The lowest BCUT2D eigenvalue weighted by Crippen LogP contribution is -2.12. The number of benzene rings is 1. The highest BCUT2D eigenvalue weighted by atomic mass is 32.1. The monoisotopic (exact) mass is 290 g/mol. The Labute approximate surface area is 125 Å². The summed E-state index contributed by atoms with van der Waals surface area (Å²) in [5.74, 6) is 0.952. The molecule has 0 aliphatic heterocycles. The average molecular weight is 290 g/mol. The lowest BCUT2D eigenvalue weighted by molar-refractivity contribution is 0.317. The van der Waals surface area contributed by atoms with Gasteiger partial charge in [-0.2, -0.15) is 0 Å². The number of hydrogen-bond acceptors (Lipinski definition) is 4. The number of aryl methyl sites for hydroxylation is 1. The van der Waals surface area contributed by atoms with Crippen LogP contribution in [0.4, 0.5) is 0 Å². The van der Waals surface area contributed by atoms with Gasteiger partial charge in [-0.1, -0.05) is 26.0 Å². The van der Waals surface area contributed by atoms with Crippen LogP contribution in [0.1, 0.15) is 35.7 Å². The Kier molecular flexibility index (Phi) is 6.02. The molecule has 0 amide bonds. The quantitative estimate of drug-likeness (QED) is 0.803. The minimum atomic E-state index is 0.774. The lowest BCUT2D eigenvalue weighted by atomic mass is 10.2. The van der Waals surface area contributed by atoms with Crippen LogP contribution in [-0.2, 0) is 19.5 Å². The van der Waals surface area contributed by atoms with Gasteiger partial charge in [-0.05, 0) is 30.5 Å². The van der Waals surface area contributed by atoms with Gasteiger partial charge in [0.05, 0.1) is 6.61 Å². The summed E-state index contributed by atoms with van der Waals surface area (Å²) in [5, 5.41) is 4.58. The molecule has 0 aliphatic rings. The first-order chi connectivity index (χ1) is 9.81. The molecule has 1 N–H and O–H groups in total. The Morgan fingerprint density at radius 3 is 2.90 bits per heavy atom. The van der Waals surface area contributed by atoms with Gasteiger partial charge in [-0.3, -0.25) is 0 Å². The fourth-order valence-corrected chi connectivity index (χ4v) is 2.70. The fourth-order valence-electron chi connectivity index (χ4n) is 1.87. The van der Waals surface area contributed by atoms with Crippen molar-refractivity contribution in [2.24, 2.45) is 0 Å². The third-order valence-corrected chi connectivity index (χ3v) is 4.07. The van der Waals surface area contributed by atoms with Crippen molar-refractivity contribution in [2.75, 3.05) is 6.61 Å². The molecule has 0 atom stereocenters. The van der Waals surface area contributed by atoms with Crippen LogP contribution in [0.15, 0.2) is 30.5 Å². The van der Waals surface area contributed by atoms with E-state index in [9.17, 15) is 0 Å². The Morgan fingerprint density at radius 1 is 1.25 bits per heavy atom. The maximum Gasteiger partial charge on any atom is 0.119 e. The fraction of sp³-hybridized carbons (Fsp3) is 0.438. The number of aromatic nitrogens is 1. The normalized spacial score (nSPS) is 10.7. The molecule has 4 heteroatoms. The SMILES string of the molecule is CCCOc1cccc(CNCc2ncc(CC)s2)c1. The van der Waals surface area contributed by atoms with E-state index in [1.807, 2.05) is 18.3 Å². The molecule has 1 aromatic carbocycles. The second kappa shape index (κ2) is 8.02. The maximum atomic E-state index is 5.64. The third kappa shape index (κ3) is 4.62. The van der Waals surface area contributed by atoms with E-state index in [-0.39, 0.29) is 0 Å². The van der Waals surface area contributed by atoms with Gasteiger partial charge in [0.1, 0.15) is 10.8 Å². The molecule has 1 aromatic heterocycles. The molecule has 0 bridgehead atoms. The van der Waals surface area contributed by atoms with Gasteiger partial charge in [-0.25, -0.2) is 4.98 Å². The van der Waals surface area contributed by atoms with Crippen molar-refractivity contribution in [2.45, 2.75) is 39.8 Å². The number of nitrogens with one attached hydrogen (secondary N) is 1. The van der Waals surface area contributed by atoms with Crippen molar-refractivity contribution in [1.29, 1.82) is 0 Å². The standard InChI is InChI=1S/C16H22N2OS/c1-3-8-19-14-7-5-6-13(9-14)10-17-12-16-18-11-15(4-2)20-16/h5-7,9,11,17H,3-4,8,10,12H2,1-2H3. The summed E-state index contributed by atoms with van der Waals surface area (Å²) < 4.78 is 5.64. The number of nitrogens with zero attached hydrogens (tertiary/aromatic N) is 1. The van der Waals surface area contributed by atoms with E-state index in [4.69, 9.17) is 4.74 Å². The first kappa shape index (κ1) is 15.0. The van der Waals surface area contributed by atoms with Gasteiger partial charge >= 0.3 is 0 Å². The number of hydrogen-bond donors (Lipinski definition) is 1. The molecule has 20 heavy (non-hydrogen) atoms. The van der Waals surface area contributed by atoms with Gasteiger partial charge in [-0.15, -0.1) is 11.3 Å². The molecule has 2 aromatic rings.